The Morgan fingerprint density at radius 1 is 1.33 bits per heavy atom. The fourth-order valence-electron chi connectivity index (χ4n) is 3.48. The topological polar surface area (TPSA) is 169 Å². The van der Waals surface area contributed by atoms with E-state index in [0.29, 0.717) is 36.2 Å². The minimum atomic E-state index is -4.32. The highest BCUT2D eigenvalue weighted by Crippen LogP contribution is 2.31. The minimum absolute atomic E-state index is 0.146. The van der Waals surface area contributed by atoms with Crippen molar-refractivity contribution in [1.82, 2.24) is 19.3 Å². The molecule has 0 aliphatic heterocycles. The fraction of sp³-hybridized carbons (Fsp3) is 0.318. The van der Waals surface area contributed by atoms with Gasteiger partial charge in [0.2, 0.25) is 0 Å². The van der Waals surface area contributed by atoms with E-state index in [2.05, 4.69) is 15.5 Å². The Balaban J connectivity index is 2.03. The van der Waals surface area contributed by atoms with Crippen molar-refractivity contribution < 1.29 is 18.4 Å². The van der Waals surface area contributed by atoms with Gasteiger partial charge in [-0.2, -0.15) is 28.3 Å². The monoisotopic (exact) mass is 514 g/mol. The molecule has 0 aliphatic carbocycles. The van der Waals surface area contributed by atoms with Gasteiger partial charge in [0.15, 0.2) is 0 Å². The minimum Gasteiger partial charge on any atom is -0.394 e. The first kappa shape index (κ1) is 26.5. The molecule has 0 radical (unpaired) electrons. The number of benzene rings is 1. The Hall–Kier alpha value is -4.06. The molecule has 1 aromatic carbocycles. The molecule has 14 heteroatoms. The van der Waals surface area contributed by atoms with Crippen molar-refractivity contribution in [1.29, 1.82) is 5.26 Å². The van der Waals surface area contributed by atoms with Gasteiger partial charge < -0.3 is 15.3 Å². The predicted molar refractivity (Wildman–Crippen MR) is 133 cm³/mol. The summed E-state index contributed by atoms with van der Waals surface area (Å²) in [6.45, 7) is 0.262. The van der Waals surface area contributed by atoms with E-state index in [9.17, 15) is 23.6 Å². The molecule has 0 fully saturated rings. The summed E-state index contributed by atoms with van der Waals surface area (Å²) in [5.41, 5.74) is 1.29. The van der Waals surface area contributed by atoms with Crippen molar-refractivity contribution in [3.8, 4) is 6.07 Å². The summed E-state index contributed by atoms with van der Waals surface area (Å²) in [7, 11) is -0.873. The summed E-state index contributed by atoms with van der Waals surface area (Å²) in [5.74, 6) is 0. The molecule has 0 saturated carbocycles. The number of aromatic nitrogens is 2. The van der Waals surface area contributed by atoms with E-state index in [1.807, 2.05) is 6.07 Å². The lowest BCUT2D eigenvalue weighted by Crippen LogP contribution is -2.31. The van der Waals surface area contributed by atoms with Gasteiger partial charge in [0.05, 0.1) is 53.3 Å². The maximum Gasteiger partial charge on any atom is 0.281 e. The van der Waals surface area contributed by atoms with Gasteiger partial charge in [-0.1, -0.05) is 0 Å². The lowest BCUT2D eigenvalue weighted by molar-refractivity contribution is -0.384. The number of hydrazone groups is 1. The van der Waals surface area contributed by atoms with Crippen LogP contribution in [0.25, 0.3) is 5.52 Å². The first-order valence-corrected chi connectivity index (χ1v) is 12.4. The van der Waals surface area contributed by atoms with Crippen LogP contribution in [0.15, 0.2) is 52.7 Å². The highest BCUT2D eigenvalue weighted by Gasteiger charge is 2.29. The SMILES string of the molecule is CNCCCN(C)c1cc([N+](=O)[O-])ccc1S(=O)(=O)N(CCO)/N=C/c1cnn2ccc(C#N)cc12. The number of sulfonamides is 1. The molecule has 36 heavy (non-hydrogen) atoms. The Morgan fingerprint density at radius 2 is 2.11 bits per heavy atom. The van der Waals surface area contributed by atoms with Crippen molar-refractivity contribution in [3.05, 3.63) is 64.0 Å². The maximum absolute atomic E-state index is 13.6. The first-order chi connectivity index (χ1) is 17.2. The van der Waals surface area contributed by atoms with Gasteiger partial charge in [0.25, 0.3) is 15.7 Å². The average Bonchev–Trinajstić information content (AvgIpc) is 3.28. The number of anilines is 1. The first-order valence-electron chi connectivity index (χ1n) is 10.9. The van der Waals surface area contributed by atoms with Crippen molar-refractivity contribution >= 4 is 33.1 Å². The Morgan fingerprint density at radius 3 is 2.78 bits per heavy atom. The molecule has 3 rings (SSSR count). The largest absolute Gasteiger partial charge is 0.394 e. The number of nitro benzene ring substituents is 1. The second-order valence-electron chi connectivity index (χ2n) is 7.76. The molecule has 0 saturated heterocycles. The molecule has 2 N–H and O–H groups in total. The van der Waals surface area contributed by atoms with Crippen LogP contribution in [0.3, 0.4) is 0 Å². The number of nitriles is 1. The summed E-state index contributed by atoms with van der Waals surface area (Å²) in [4.78, 5) is 12.2. The molecule has 2 heterocycles. The van der Waals surface area contributed by atoms with E-state index in [1.165, 1.54) is 29.1 Å². The second-order valence-corrected chi connectivity index (χ2v) is 9.58. The van der Waals surface area contributed by atoms with Gasteiger partial charge in [-0.25, -0.2) is 4.52 Å². The van der Waals surface area contributed by atoms with Crippen LogP contribution in [0.1, 0.15) is 17.5 Å². The van der Waals surface area contributed by atoms with Crippen LogP contribution < -0.4 is 10.2 Å². The normalized spacial score (nSPS) is 11.6. The van der Waals surface area contributed by atoms with Crippen LogP contribution in [-0.4, -0.2) is 79.0 Å². The van der Waals surface area contributed by atoms with Crippen LogP contribution in [0.2, 0.25) is 0 Å². The molecule has 0 unspecified atom stereocenters. The van der Waals surface area contributed by atoms with E-state index in [0.717, 1.165) is 10.5 Å². The highest BCUT2D eigenvalue weighted by molar-refractivity contribution is 7.89. The number of aliphatic hydroxyl groups excluding tert-OH is 1. The van der Waals surface area contributed by atoms with Gasteiger partial charge in [-0.3, -0.25) is 10.1 Å². The smallest absolute Gasteiger partial charge is 0.281 e. The molecule has 0 aliphatic rings. The third-order valence-corrected chi connectivity index (χ3v) is 7.07. The molecule has 2 aromatic heterocycles. The van der Waals surface area contributed by atoms with Gasteiger partial charge in [0, 0.05) is 37.5 Å². The molecule has 0 spiro atoms. The number of hydrogen-bond acceptors (Lipinski definition) is 10. The molecule has 0 bridgehead atoms. The Bertz CT molecular complexity index is 1410. The van der Waals surface area contributed by atoms with Crippen molar-refractivity contribution in [2.45, 2.75) is 11.3 Å². The molecule has 0 amide bonds. The van der Waals surface area contributed by atoms with E-state index in [1.54, 1.807) is 37.3 Å². The number of nitrogens with one attached hydrogen (secondary N) is 1. The van der Waals surface area contributed by atoms with Crippen LogP contribution in [0.4, 0.5) is 11.4 Å². The number of aliphatic hydroxyl groups is 1. The van der Waals surface area contributed by atoms with E-state index >= 15 is 0 Å². The third-order valence-electron chi connectivity index (χ3n) is 5.34. The Labute approximate surface area is 208 Å². The number of nitro groups is 1. The molecular weight excluding hydrogens is 488 g/mol. The van der Waals surface area contributed by atoms with E-state index < -0.39 is 21.6 Å². The highest BCUT2D eigenvalue weighted by atomic mass is 32.2. The van der Waals surface area contributed by atoms with Gasteiger partial charge in [-0.05, 0) is 38.2 Å². The quantitative estimate of drug-likeness (QED) is 0.156. The molecule has 0 atom stereocenters. The van der Waals surface area contributed by atoms with Crippen molar-refractivity contribution in [2.24, 2.45) is 5.10 Å². The van der Waals surface area contributed by atoms with Gasteiger partial charge in [-0.15, -0.1) is 0 Å². The number of pyridine rings is 1. The number of nitrogens with zero attached hydrogens (tertiary/aromatic N) is 7. The third kappa shape index (κ3) is 5.77. The number of fused-ring (bicyclic) bond motifs is 1. The second kappa shape index (κ2) is 11.6. The van der Waals surface area contributed by atoms with Crippen molar-refractivity contribution in [2.75, 3.05) is 45.2 Å². The number of non-ortho nitro benzene ring substituents is 1. The zero-order valence-corrected chi connectivity index (χ0v) is 20.6. The standard InChI is InChI=1S/C22H26N8O5S/c1-24-7-3-8-27(2)21-13-19(30(32)33)4-5-22(21)36(34,35)29(10-11-31)26-16-18-15-25-28-9-6-17(14-23)12-20(18)28/h4-6,9,12-13,15-16,24,31H,3,7-8,10-11H2,1-2H3/b26-16+. The van der Waals surface area contributed by atoms with Gasteiger partial charge >= 0.3 is 0 Å². The van der Waals surface area contributed by atoms with Crippen molar-refractivity contribution in [3.63, 3.8) is 0 Å². The summed E-state index contributed by atoms with van der Waals surface area (Å²) in [6.07, 6.45) is 5.02. The summed E-state index contributed by atoms with van der Waals surface area (Å²) in [5, 5.41) is 41.3. The maximum atomic E-state index is 13.6. The van der Waals surface area contributed by atoms with Crippen LogP contribution in [0.5, 0.6) is 0 Å². The van der Waals surface area contributed by atoms with E-state index in [-0.39, 0.29) is 22.8 Å². The summed E-state index contributed by atoms with van der Waals surface area (Å²) >= 11 is 0. The number of hydrogen-bond donors (Lipinski definition) is 2. The lowest BCUT2D eigenvalue weighted by atomic mass is 10.2. The molecule has 190 valence electrons. The van der Waals surface area contributed by atoms with E-state index in [4.69, 9.17) is 5.26 Å². The predicted octanol–water partition coefficient (Wildman–Crippen LogP) is 1.18. The molecular formula is C22H26N8O5S. The number of rotatable bonds is 12. The summed E-state index contributed by atoms with van der Waals surface area (Å²) < 4.78 is 29.5. The van der Waals surface area contributed by atoms with Gasteiger partial charge in [0.1, 0.15) is 4.90 Å². The Kier molecular flexibility index (Phi) is 8.54. The zero-order chi connectivity index (χ0) is 26.3. The van der Waals surface area contributed by atoms with Crippen LogP contribution in [0, 0.1) is 21.4 Å². The lowest BCUT2D eigenvalue weighted by Gasteiger charge is -2.25. The van der Waals surface area contributed by atoms with Crippen LogP contribution >= 0.6 is 0 Å². The summed E-state index contributed by atoms with van der Waals surface area (Å²) in [6, 6.07) is 8.71. The zero-order valence-electron chi connectivity index (χ0n) is 19.8. The molecule has 13 nitrogen and oxygen atoms in total. The fourth-order valence-corrected chi connectivity index (χ4v) is 4.92. The average molecular weight is 515 g/mol. The van der Waals surface area contributed by atoms with Crippen LogP contribution in [-0.2, 0) is 10.0 Å². The molecule has 3 aromatic rings.